The van der Waals surface area contributed by atoms with E-state index in [1.54, 1.807) is 7.11 Å². The lowest BCUT2D eigenvalue weighted by molar-refractivity contribution is 0.415. The van der Waals surface area contributed by atoms with Gasteiger partial charge in [-0.25, -0.2) is 0 Å². The number of nitrogens with zero attached hydrogens (tertiary/aromatic N) is 1. The number of hydrogen-bond donors (Lipinski definition) is 0. The zero-order valence-corrected chi connectivity index (χ0v) is 9.82. The highest BCUT2D eigenvalue weighted by Gasteiger charge is 2.02. The Kier molecular flexibility index (Phi) is 2.91. The van der Waals surface area contributed by atoms with Gasteiger partial charge in [0.2, 0.25) is 0 Å². The third-order valence-electron chi connectivity index (χ3n) is 2.64. The predicted molar refractivity (Wildman–Crippen MR) is 65.7 cm³/mol. The number of pyridine rings is 1. The lowest BCUT2D eigenvalue weighted by Crippen LogP contribution is -1.88. The third kappa shape index (κ3) is 2.06. The molecule has 0 radical (unpaired) electrons. The Balaban J connectivity index is 2.45. The molecule has 0 aliphatic rings. The molecule has 0 saturated carbocycles. The van der Waals surface area contributed by atoms with Crippen LogP contribution in [0.3, 0.4) is 0 Å². The molecule has 2 heteroatoms. The summed E-state index contributed by atoms with van der Waals surface area (Å²) in [5.41, 5.74) is 4.66. The third-order valence-corrected chi connectivity index (χ3v) is 2.64. The van der Waals surface area contributed by atoms with E-state index in [0.29, 0.717) is 0 Å². The summed E-state index contributed by atoms with van der Waals surface area (Å²) in [6.45, 7) is 4.08. The van der Waals surface area contributed by atoms with Crippen molar-refractivity contribution in [2.24, 2.45) is 0 Å². The van der Waals surface area contributed by atoms with Crippen LogP contribution >= 0.6 is 0 Å². The van der Waals surface area contributed by atoms with Crippen LogP contribution in [0.15, 0.2) is 36.5 Å². The molecule has 0 N–H and O–H groups in total. The monoisotopic (exact) mass is 213 g/mol. The van der Waals surface area contributed by atoms with E-state index >= 15 is 0 Å². The number of ether oxygens (including phenoxy) is 1. The number of aryl methyl sites for hydroxylation is 2. The molecule has 0 saturated heterocycles. The molecule has 1 heterocycles. The molecule has 0 fully saturated rings. The Morgan fingerprint density at radius 3 is 2.38 bits per heavy atom. The standard InChI is InChI=1S/C14H15NO/c1-10-9-15-11(2)8-14(10)12-4-6-13(16-3)7-5-12/h4-9H,1-3H3. The second-order valence-electron chi connectivity index (χ2n) is 3.87. The first-order valence-corrected chi connectivity index (χ1v) is 5.28. The van der Waals surface area contributed by atoms with Gasteiger partial charge in [0.05, 0.1) is 7.11 Å². The van der Waals surface area contributed by atoms with E-state index in [1.807, 2.05) is 25.3 Å². The van der Waals surface area contributed by atoms with Gasteiger partial charge in [-0.3, -0.25) is 4.98 Å². The Hall–Kier alpha value is -1.83. The van der Waals surface area contributed by atoms with Crippen LogP contribution in [0.4, 0.5) is 0 Å². The van der Waals surface area contributed by atoms with E-state index in [0.717, 1.165) is 11.4 Å². The Labute approximate surface area is 95.9 Å². The van der Waals surface area contributed by atoms with Gasteiger partial charge in [0.25, 0.3) is 0 Å². The molecule has 0 aliphatic heterocycles. The zero-order chi connectivity index (χ0) is 11.5. The molecule has 82 valence electrons. The molecule has 0 atom stereocenters. The summed E-state index contributed by atoms with van der Waals surface area (Å²) in [6, 6.07) is 10.2. The fraction of sp³-hybridized carbons (Fsp3) is 0.214. The van der Waals surface area contributed by atoms with Gasteiger partial charge in [0.1, 0.15) is 5.75 Å². The summed E-state index contributed by atoms with van der Waals surface area (Å²) in [6.07, 6.45) is 1.91. The summed E-state index contributed by atoms with van der Waals surface area (Å²) in [5, 5.41) is 0. The highest BCUT2D eigenvalue weighted by atomic mass is 16.5. The van der Waals surface area contributed by atoms with Crippen LogP contribution in [-0.4, -0.2) is 12.1 Å². The van der Waals surface area contributed by atoms with Crippen molar-refractivity contribution >= 4 is 0 Å². The van der Waals surface area contributed by atoms with Gasteiger partial charge in [0, 0.05) is 11.9 Å². The first-order chi connectivity index (χ1) is 7.70. The second kappa shape index (κ2) is 4.35. The summed E-state index contributed by atoms with van der Waals surface area (Å²) in [4.78, 5) is 4.27. The van der Waals surface area contributed by atoms with Crippen molar-refractivity contribution in [1.29, 1.82) is 0 Å². The fourth-order valence-corrected chi connectivity index (χ4v) is 1.71. The van der Waals surface area contributed by atoms with Crippen molar-refractivity contribution in [2.75, 3.05) is 7.11 Å². The van der Waals surface area contributed by atoms with E-state index in [4.69, 9.17) is 4.74 Å². The van der Waals surface area contributed by atoms with Crippen molar-refractivity contribution in [3.63, 3.8) is 0 Å². The van der Waals surface area contributed by atoms with Crippen molar-refractivity contribution in [3.05, 3.63) is 47.8 Å². The van der Waals surface area contributed by atoms with E-state index in [-0.39, 0.29) is 0 Å². The first kappa shape index (κ1) is 10.7. The molecule has 16 heavy (non-hydrogen) atoms. The van der Waals surface area contributed by atoms with Crippen LogP contribution < -0.4 is 4.74 Å². The molecular weight excluding hydrogens is 198 g/mol. The molecule has 2 nitrogen and oxygen atoms in total. The minimum absolute atomic E-state index is 0.882. The highest BCUT2D eigenvalue weighted by molar-refractivity contribution is 5.67. The van der Waals surface area contributed by atoms with Crippen LogP contribution in [0.25, 0.3) is 11.1 Å². The predicted octanol–water partition coefficient (Wildman–Crippen LogP) is 3.37. The van der Waals surface area contributed by atoms with Gasteiger partial charge in [-0.2, -0.15) is 0 Å². The number of rotatable bonds is 2. The minimum atomic E-state index is 0.882. The smallest absolute Gasteiger partial charge is 0.118 e. The van der Waals surface area contributed by atoms with Gasteiger partial charge in [-0.15, -0.1) is 0 Å². The number of methoxy groups -OCH3 is 1. The maximum atomic E-state index is 5.15. The molecule has 0 spiro atoms. The maximum absolute atomic E-state index is 5.15. The molecule has 0 unspecified atom stereocenters. The van der Waals surface area contributed by atoms with Crippen LogP contribution in [0.5, 0.6) is 5.75 Å². The number of benzene rings is 1. The van der Waals surface area contributed by atoms with Crippen LogP contribution in [0.1, 0.15) is 11.3 Å². The average molecular weight is 213 g/mol. The number of aromatic nitrogens is 1. The average Bonchev–Trinajstić information content (AvgIpc) is 2.32. The molecular formula is C14H15NO. The van der Waals surface area contributed by atoms with Crippen molar-refractivity contribution in [3.8, 4) is 16.9 Å². The molecule has 2 rings (SSSR count). The molecule has 0 aliphatic carbocycles. The summed E-state index contributed by atoms with van der Waals surface area (Å²) in [5.74, 6) is 0.882. The molecule has 1 aromatic heterocycles. The van der Waals surface area contributed by atoms with Gasteiger partial charge in [0.15, 0.2) is 0 Å². The lowest BCUT2D eigenvalue weighted by atomic mass is 10.0. The second-order valence-corrected chi connectivity index (χ2v) is 3.87. The highest BCUT2D eigenvalue weighted by Crippen LogP contribution is 2.25. The summed E-state index contributed by atoms with van der Waals surface area (Å²) >= 11 is 0. The van der Waals surface area contributed by atoms with Gasteiger partial charge in [-0.05, 0) is 48.7 Å². The topological polar surface area (TPSA) is 22.1 Å². The Morgan fingerprint density at radius 2 is 1.75 bits per heavy atom. The lowest BCUT2D eigenvalue weighted by Gasteiger charge is -2.07. The first-order valence-electron chi connectivity index (χ1n) is 5.28. The van der Waals surface area contributed by atoms with Gasteiger partial charge < -0.3 is 4.74 Å². The quantitative estimate of drug-likeness (QED) is 0.763. The van der Waals surface area contributed by atoms with Gasteiger partial charge >= 0.3 is 0 Å². The van der Waals surface area contributed by atoms with Crippen LogP contribution in [-0.2, 0) is 0 Å². The van der Waals surface area contributed by atoms with Crippen LogP contribution in [0, 0.1) is 13.8 Å². The fourth-order valence-electron chi connectivity index (χ4n) is 1.71. The van der Waals surface area contributed by atoms with Crippen molar-refractivity contribution in [2.45, 2.75) is 13.8 Å². The van der Waals surface area contributed by atoms with Crippen LogP contribution in [0.2, 0.25) is 0 Å². The maximum Gasteiger partial charge on any atom is 0.118 e. The Bertz CT molecular complexity index is 489. The summed E-state index contributed by atoms with van der Waals surface area (Å²) < 4.78 is 5.15. The molecule has 0 bridgehead atoms. The van der Waals surface area contributed by atoms with E-state index in [2.05, 4.69) is 30.1 Å². The van der Waals surface area contributed by atoms with Crippen molar-refractivity contribution < 1.29 is 4.74 Å². The largest absolute Gasteiger partial charge is 0.497 e. The van der Waals surface area contributed by atoms with E-state index < -0.39 is 0 Å². The summed E-state index contributed by atoms with van der Waals surface area (Å²) in [7, 11) is 1.68. The van der Waals surface area contributed by atoms with Crippen molar-refractivity contribution in [1.82, 2.24) is 4.98 Å². The van der Waals surface area contributed by atoms with Gasteiger partial charge in [-0.1, -0.05) is 12.1 Å². The van der Waals surface area contributed by atoms with E-state index in [1.165, 1.54) is 16.7 Å². The molecule has 1 aromatic carbocycles. The Morgan fingerprint density at radius 1 is 1.06 bits per heavy atom. The SMILES string of the molecule is COc1ccc(-c2cc(C)ncc2C)cc1. The van der Waals surface area contributed by atoms with E-state index in [9.17, 15) is 0 Å². The molecule has 0 amide bonds. The zero-order valence-electron chi connectivity index (χ0n) is 9.82. The normalized spacial score (nSPS) is 10.2. The number of hydrogen-bond acceptors (Lipinski definition) is 2. The molecule has 2 aromatic rings. The minimum Gasteiger partial charge on any atom is -0.497 e.